The van der Waals surface area contributed by atoms with Crippen molar-refractivity contribution < 1.29 is 13.9 Å². The van der Waals surface area contributed by atoms with Gasteiger partial charge in [-0.1, -0.05) is 49.9 Å². The number of nitrogens with two attached hydrogens (primary N) is 1. The van der Waals surface area contributed by atoms with Gasteiger partial charge in [-0.25, -0.2) is 4.39 Å². The first kappa shape index (κ1) is 30.2. The van der Waals surface area contributed by atoms with E-state index in [1.165, 1.54) is 13.2 Å². The number of benzene rings is 2. The molecule has 1 atom stereocenters. The normalized spacial score (nSPS) is 21.2. The van der Waals surface area contributed by atoms with Gasteiger partial charge in [0, 0.05) is 52.6 Å². The number of allylic oxidation sites excluding steroid dienone is 5. The number of carbonyl (C=O) groups is 1. The Morgan fingerprint density at radius 1 is 1.19 bits per heavy atom. The van der Waals surface area contributed by atoms with Gasteiger partial charge in [-0.2, -0.15) is 0 Å². The molecule has 5 rings (SSSR count). The summed E-state index contributed by atoms with van der Waals surface area (Å²) >= 11 is 0. The molecule has 43 heavy (non-hydrogen) atoms. The van der Waals surface area contributed by atoms with Crippen LogP contribution in [0.5, 0.6) is 5.75 Å². The summed E-state index contributed by atoms with van der Waals surface area (Å²) in [5.41, 5.74) is 11.8. The molecular weight excluding hydrogens is 539 g/mol. The standard InChI is InChI=1S/C36H39FN4O2/c1-4-21-18-23(12-15-26(21)32(42)19-31(39)22-10-13-24(38)14-11-22)35(40)29-9-7-6-8-28-30(20-41-36(28)29)27-16-17-33(43-3)25(5-2)34(27)37/h5-6,8-9,12,15-18,20,22,24,28,39-40H,2,4,7,10-11,13-14,19,38H2,1,3H3/t22-,24-,28?. The van der Waals surface area contributed by atoms with Crippen LogP contribution < -0.4 is 10.5 Å². The van der Waals surface area contributed by atoms with Crippen LogP contribution in [0.15, 0.2) is 71.9 Å². The monoisotopic (exact) mass is 578 g/mol. The largest absolute Gasteiger partial charge is 0.496 e. The summed E-state index contributed by atoms with van der Waals surface area (Å²) in [6.07, 6.45) is 14.1. The zero-order valence-electron chi connectivity index (χ0n) is 24.9. The van der Waals surface area contributed by atoms with Crippen molar-refractivity contribution in [2.45, 2.75) is 57.9 Å². The van der Waals surface area contributed by atoms with Gasteiger partial charge >= 0.3 is 0 Å². The molecule has 3 aliphatic rings. The average molecular weight is 579 g/mol. The fraction of sp³-hybridized carbons (Fsp3) is 0.333. The van der Waals surface area contributed by atoms with Crippen LogP contribution in [0.25, 0.3) is 11.6 Å². The lowest BCUT2D eigenvalue weighted by molar-refractivity contribution is 0.0998. The van der Waals surface area contributed by atoms with Crippen LogP contribution in [-0.4, -0.2) is 36.1 Å². The van der Waals surface area contributed by atoms with Gasteiger partial charge < -0.3 is 15.9 Å². The molecule has 2 aliphatic carbocycles. The molecule has 0 amide bonds. The molecule has 7 heteroatoms. The molecule has 1 fully saturated rings. The number of aryl methyl sites for hydroxylation is 1. The molecule has 0 radical (unpaired) electrons. The SMILES string of the molecule is C=Cc1c(OC)ccc(C2=CN=C3C(C(=N)c4ccc(C(=O)CC(=N)[C@H]5CC[C@H](N)CC5)c(CC)c4)=CCC=CC23)c1F. The smallest absolute Gasteiger partial charge is 0.168 e. The maximum Gasteiger partial charge on any atom is 0.168 e. The highest BCUT2D eigenvalue weighted by molar-refractivity contribution is 6.32. The van der Waals surface area contributed by atoms with E-state index < -0.39 is 5.82 Å². The van der Waals surface area contributed by atoms with Gasteiger partial charge in [0.05, 0.1) is 24.1 Å². The molecule has 2 aromatic carbocycles. The number of methoxy groups -OCH3 is 1. The quantitative estimate of drug-likeness (QED) is 0.154. The highest BCUT2D eigenvalue weighted by Crippen LogP contribution is 2.39. The van der Waals surface area contributed by atoms with Gasteiger partial charge in [-0.05, 0) is 73.8 Å². The van der Waals surface area contributed by atoms with Crippen LogP contribution in [0.1, 0.15) is 78.1 Å². The van der Waals surface area contributed by atoms with Crippen molar-refractivity contribution in [3.63, 3.8) is 0 Å². The molecule has 0 aromatic heterocycles. The number of fused-ring (bicyclic) bond motifs is 1. The molecule has 1 aliphatic heterocycles. The number of ether oxygens (including phenoxy) is 1. The van der Waals surface area contributed by atoms with E-state index in [2.05, 4.69) is 6.58 Å². The minimum Gasteiger partial charge on any atom is -0.496 e. The maximum absolute atomic E-state index is 15.6. The molecule has 1 heterocycles. The molecule has 2 aromatic rings. The van der Waals surface area contributed by atoms with E-state index in [-0.39, 0.29) is 30.1 Å². The summed E-state index contributed by atoms with van der Waals surface area (Å²) in [6, 6.07) is 9.16. The predicted molar refractivity (Wildman–Crippen MR) is 173 cm³/mol. The van der Waals surface area contributed by atoms with Crippen molar-refractivity contribution in [2.24, 2.45) is 22.6 Å². The van der Waals surface area contributed by atoms with E-state index in [1.807, 2.05) is 37.3 Å². The lowest BCUT2D eigenvalue weighted by atomic mass is 9.81. The first-order chi connectivity index (χ1) is 20.8. The van der Waals surface area contributed by atoms with Crippen molar-refractivity contribution in [1.29, 1.82) is 10.8 Å². The Morgan fingerprint density at radius 3 is 2.65 bits per heavy atom. The fourth-order valence-electron chi connectivity index (χ4n) is 6.37. The van der Waals surface area contributed by atoms with Crippen LogP contribution in [0.4, 0.5) is 4.39 Å². The molecule has 0 saturated heterocycles. The Bertz CT molecular complexity index is 1610. The van der Waals surface area contributed by atoms with E-state index in [0.29, 0.717) is 69.1 Å². The summed E-state index contributed by atoms with van der Waals surface area (Å²) < 4.78 is 20.9. The first-order valence-electron chi connectivity index (χ1n) is 15.0. The minimum absolute atomic E-state index is 0.0535. The number of aliphatic imine (C=N–C) groups is 1. The maximum atomic E-state index is 15.6. The Hall–Kier alpha value is -4.23. The van der Waals surface area contributed by atoms with Gasteiger partial charge in [0.1, 0.15) is 11.6 Å². The third-order valence-corrected chi connectivity index (χ3v) is 8.87. The van der Waals surface area contributed by atoms with E-state index in [1.54, 1.807) is 24.4 Å². The molecule has 1 unspecified atom stereocenters. The predicted octanol–water partition coefficient (Wildman–Crippen LogP) is 7.52. The van der Waals surface area contributed by atoms with Gasteiger partial charge in [0.25, 0.3) is 0 Å². The third kappa shape index (κ3) is 6.00. The number of rotatable bonds is 10. The summed E-state index contributed by atoms with van der Waals surface area (Å²) in [4.78, 5) is 18.0. The second kappa shape index (κ2) is 13.0. The van der Waals surface area contributed by atoms with Gasteiger partial charge in [-0.15, -0.1) is 0 Å². The summed E-state index contributed by atoms with van der Waals surface area (Å²) in [6.45, 7) is 5.74. The number of hydrogen-bond acceptors (Lipinski definition) is 6. The number of halogens is 1. The van der Waals surface area contributed by atoms with E-state index in [0.717, 1.165) is 31.2 Å². The van der Waals surface area contributed by atoms with Crippen LogP contribution in [0.3, 0.4) is 0 Å². The lowest BCUT2D eigenvalue weighted by Crippen LogP contribution is -2.30. The van der Waals surface area contributed by atoms with E-state index in [4.69, 9.17) is 20.9 Å². The summed E-state index contributed by atoms with van der Waals surface area (Å²) in [5, 5.41) is 17.7. The Labute approximate surface area is 253 Å². The molecule has 222 valence electrons. The number of hydrogen-bond donors (Lipinski definition) is 3. The van der Waals surface area contributed by atoms with Crippen molar-refractivity contribution >= 4 is 34.6 Å². The fourth-order valence-corrected chi connectivity index (χ4v) is 6.37. The highest BCUT2D eigenvalue weighted by atomic mass is 19.1. The number of carbonyl (C=O) groups excluding carboxylic acids is 1. The summed E-state index contributed by atoms with van der Waals surface area (Å²) in [5.74, 6) is -0.226. The third-order valence-electron chi connectivity index (χ3n) is 8.87. The first-order valence-corrected chi connectivity index (χ1v) is 15.0. The van der Waals surface area contributed by atoms with Gasteiger partial charge in [0.2, 0.25) is 0 Å². The van der Waals surface area contributed by atoms with Gasteiger partial charge in [-0.3, -0.25) is 15.2 Å². The molecule has 4 N–H and O–H groups in total. The van der Waals surface area contributed by atoms with E-state index >= 15 is 4.39 Å². The second-order valence-electron chi connectivity index (χ2n) is 11.4. The number of nitrogens with one attached hydrogen (secondary N) is 2. The Morgan fingerprint density at radius 2 is 1.95 bits per heavy atom. The zero-order valence-corrected chi connectivity index (χ0v) is 24.9. The van der Waals surface area contributed by atoms with Crippen molar-refractivity contribution in [3.8, 4) is 5.75 Å². The average Bonchev–Trinajstić information content (AvgIpc) is 3.31. The zero-order chi connectivity index (χ0) is 30.7. The van der Waals surface area contributed by atoms with E-state index in [9.17, 15) is 10.2 Å². The van der Waals surface area contributed by atoms with Crippen LogP contribution >= 0.6 is 0 Å². The molecule has 0 bridgehead atoms. The molecule has 0 spiro atoms. The number of ketones is 1. The van der Waals surface area contributed by atoms with Crippen LogP contribution in [0, 0.1) is 28.5 Å². The van der Waals surface area contributed by atoms with Crippen molar-refractivity contribution in [3.05, 3.63) is 101 Å². The lowest BCUT2D eigenvalue weighted by Gasteiger charge is -2.26. The molecular formula is C36H39FN4O2. The van der Waals surface area contributed by atoms with Crippen LogP contribution in [-0.2, 0) is 6.42 Å². The minimum atomic E-state index is -0.414. The molecule has 1 saturated carbocycles. The van der Waals surface area contributed by atoms with Gasteiger partial charge in [0.15, 0.2) is 5.78 Å². The number of nitrogens with zero attached hydrogens (tertiary/aromatic N) is 1. The molecule has 6 nitrogen and oxygen atoms in total. The highest BCUT2D eigenvalue weighted by Gasteiger charge is 2.32. The summed E-state index contributed by atoms with van der Waals surface area (Å²) in [7, 11) is 1.50. The second-order valence-corrected chi connectivity index (χ2v) is 11.4. The Kier molecular flexibility index (Phi) is 9.11. The topological polar surface area (TPSA) is 112 Å². The van der Waals surface area contributed by atoms with Crippen molar-refractivity contribution in [1.82, 2.24) is 0 Å². The number of Topliss-reactive ketones (excluding diaryl/α,β-unsaturated/α-hetero) is 1. The van der Waals surface area contributed by atoms with Crippen LogP contribution in [0.2, 0.25) is 0 Å². The Balaban J connectivity index is 1.36. The van der Waals surface area contributed by atoms with Crippen molar-refractivity contribution in [2.75, 3.05) is 7.11 Å².